The van der Waals surface area contributed by atoms with E-state index in [1.807, 2.05) is 37.3 Å². The topological polar surface area (TPSA) is 38.3 Å². The van der Waals surface area contributed by atoms with Crippen LogP contribution in [-0.4, -0.2) is 13.0 Å². The van der Waals surface area contributed by atoms with Crippen LogP contribution in [0.25, 0.3) is 0 Å². The second kappa shape index (κ2) is 6.05. The van der Waals surface area contributed by atoms with E-state index < -0.39 is 0 Å². The van der Waals surface area contributed by atoms with Crippen LogP contribution in [-0.2, 0) is 6.54 Å². The minimum Gasteiger partial charge on any atom is -0.497 e. The van der Waals surface area contributed by atoms with Gasteiger partial charge in [-0.3, -0.25) is 4.79 Å². The number of aryl methyl sites for hydroxylation is 1. The Hall–Kier alpha value is -2.29. The van der Waals surface area contributed by atoms with Crippen LogP contribution in [0.15, 0.2) is 48.5 Å². The average molecular weight is 255 g/mol. The van der Waals surface area contributed by atoms with E-state index in [9.17, 15) is 4.79 Å². The maximum Gasteiger partial charge on any atom is 0.251 e. The van der Waals surface area contributed by atoms with Gasteiger partial charge in [-0.25, -0.2) is 0 Å². The minimum atomic E-state index is -0.0977. The highest BCUT2D eigenvalue weighted by molar-refractivity contribution is 5.94. The zero-order valence-corrected chi connectivity index (χ0v) is 11.1. The summed E-state index contributed by atoms with van der Waals surface area (Å²) in [6.45, 7) is 2.56. The van der Waals surface area contributed by atoms with E-state index in [1.165, 1.54) is 5.56 Å². The zero-order valence-electron chi connectivity index (χ0n) is 11.1. The Balaban J connectivity index is 1.99. The van der Waals surface area contributed by atoms with Crippen molar-refractivity contribution in [2.24, 2.45) is 0 Å². The number of benzene rings is 2. The maximum absolute atomic E-state index is 12.0. The Kier molecular flexibility index (Phi) is 4.18. The summed E-state index contributed by atoms with van der Waals surface area (Å²) in [5.41, 5.74) is 2.90. The van der Waals surface area contributed by atoms with Gasteiger partial charge in [0.15, 0.2) is 0 Å². The van der Waals surface area contributed by atoms with Crippen molar-refractivity contribution in [1.82, 2.24) is 5.32 Å². The quantitative estimate of drug-likeness (QED) is 0.912. The summed E-state index contributed by atoms with van der Waals surface area (Å²) in [4.78, 5) is 12.0. The van der Waals surface area contributed by atoms with Gasteiger partial charge >= 0.3 is 0 Å². The van der Waals surface area contributed by atoms with Gasteiger partial charge in [-0.05, 0) is 30.7 Å². The monoisotopic (exact) mass is 255 g/mol. The third-order valence-electron chi connectivity index (χ3n) is 2.91. The van der Waals surface area contributed by atoms with Crippen LogP contribution in [0.3, 0.4) is 0 Å². The molecule has 0 bridgehead atoms. The highest BCUT2D eigenvalue weighted by Gasteiger charge is 2.06. The summed E-state index contributed by atoms with van der Waals surface area (Å²) in [6, 6.07) is 15.2. The third kappa shape index (κ3) is 3.58. The van der Waals surface area contributed by atoms with E-state index in [0.717, 1.165) is 5.56 Å². The third-order valence-corrected chi connectivity index (χ3v) is 2.91. The van der Waals surface area contributed by atoms with Gasteiger partial charge in [0.25, 0.3) is 5.91 Å². The molecule has 0 spiro atoms. The first-order valence-electron chi connectivity index (χ1n) is 6.17. The second-order valence-electron chi connectivity index (χ2n) is 4.40. The summed E-state index contributed by atoms with van der Waals surface area (Å²) in [7, 11) is 1.59. The van der Waals surface area contributed by atoms with E-state index >= 15 is 0 Å². The molecule has 2 rings (SSSR count). The van der Waals surface area contributed by atoms with Gasteiger partial charge in [0, 0.05) is 12.1 Å². The molecular formula is C16H17NO2. The molecule has 0 aliphatic carbocycles. The van der Waals surface area contributed by atoms with Crippen molar-refractivity contribution in [2.45, 2.75) is 13.5 Å². The standard InChI is InChI=1S/C16H17NO2/c1-12-6-8-13(9-7-12)11-17-16(18)14-4-3-5-15(10-14)19-2/h3-10H,11H2,1-2H3,(H,17,18). The number of carbonyl (C=O) groups is 1. The number of methoxy groups -OCH3 is 1. The lowest BCUT2D eigenvalue weighted by molar-refractivity contribution is 0.0950. The number of carbonyl (C=O) groups excluding carboxylic acids is 1. The van der Waals surface area contributed by atoms with Crippen molar-refractivity contribution in [3.05, 3.63) is 65.2 Å². The Labute approximate surface area is 113 Å². The van der Waals surface area contributed by atoms with Gasteiger partial charge in [0.1, 0.15) is 5.75 Å². The molecule has 98 valence electrons. The van der Waals surface area contributed by atoms with Gasteiger partial charge in [-0.15, -0.1) is 0 Å². The smallest absolute Gasteiger partial charge is 0.251 e. The Morgan fingerprint density at radius 1 is 1.16 bits per heavy atom. The summed E-state index contributed by atoms with van der Waals surface area (Å²) < 4.78 is 5.10. The molecule has 0 aliphatic rings. The predicted molar refractivity (Wildman–Crippen MR) is 75.3 cm³/mol. The van der Waals surface area contributed by atoms with E-state index in [4.69, 9.17) is 4.74 Å². The van der Waals surface area contributed by atoms with Crippen molar-refractivity contribution in [1.29, 1.82) is 0 Å². The van der Waals surface area contributed by atoms with Crippen LogP contribution in [0.1, 0.15) is 21.5 Å². The highest BCUT2D eigenvalue weighted by Crippen LogP contribution is 2.12. The molecule has 1 N–H and O–H groups in total. The van der Waals surface area contributed by atoms with E-state index in [0.29, 0.717) is 17.9 Å². The van der Waals surface area contributed by atoms with Gasteiger partial charge in [0.05, 0.1) is 7.11 Å². The maximum atomic E-state index is 12.0. The van der Waals surface area contributed by atoms with Crippen molar-refractivity contribution >= 4 is 5.91 Å². The molecule has 0 heterocycles. The molecular weight excluding hydrogens is 238 g/mol. The van der Waals surface area contributed by atoms with E-state index in [-0.39, 0.29) is 5.91 Å². The van der Waals surface area contributed by atoms with Crippen molar-refractivity contribution < 1.29 is 9.53 Å². The van der Waals surface area contributed by atoms with Crippen molar-refractivity contribution in [2.75, 3.05) is 7.11 Å². The molecule has 0 aromatic heterocycles. The fourth-order valence-corrected chi connectivity index (χ4v) is 1.75. The van der Waals surface area contributed by atoms with E-state index in [1.54, 1.807) is 25.3 Å². The van der Waals surface area contributed by atoms with Crippen LogP contribution in [0.4, 0.5) is 0 Å². The molecule has 0 saturated carbocycles. The van der Waals surface area contributed by atoms with Crippen LogP contribution >= 0.6 is 0 Å². The summed E-state index contributed by atoms with van der Waals surface area (Å²) in [5, 5.41) is 2.89. The summed E-state index contributed by atoms with van der Waals surface area (Å²) >= 11 is 0. The highest BCUT2D eigenvalue weighted by atomic mass is 16.5. The first kappa shape index (κ1) is 13.1. The lowest BCUT2D eigenvalue weighted by atomic mass is 10.1. The molecule has 2 aromatic carbocycles. The molecule has 2 aromatic rings. The Morgan fingerprint density at radius 3 is 2.58 bits per heavy atom. The van der Waals surface area contributed by atoms with Gasteiger partial charge in [-0.2, -0.15) is 0 Å². The summed E-state index contributed by atoms with van der Waals surface area (Å²) in [6.07, 6.45) is 0. The largest absolute Gasteiger partial charge is 0.497 e. The molecule has 0 fully saturated rings. The normalized spacial score (nSPS) is 10.0. The lowest BCUT2D eigenvalue weighted by Crippen LogP contribution is -2.22. The number of hydrogen-bond acceptors (Lipinski definition) is 2. The molecule has 1 amide bonds. The minimum absolute atomic E-state index is 0.0977. The fourth-order valence-electron chi connectivity index (χ4n) is 1.75. The fraction of sp³-hybridized carbons (Fsp3) is 0.188. The molecule has 0 unspecified atom stereocenters. The average Bonchev–Trinajstić information content (AvgIpc) is 2.46. The van der Waals surface area contributed by atoms with Gasteiger partial charge in [0.2, 0.25) is 0 Å². The first-order chi connectivity index (χ1) is 9.19. The molecule has 0 aliphatic heterocycles. The van der Waals surface area contributed by atoms with Gasteiger partial charge in [-0.1, -0.05) is 35.9 Å². The number of rotatable bonds is 4. The van der Waals surface area contributed by atoms with Crippen molar-refractivity contribution in [3.8, 4) is 5.75 Å². The Morgan fingerprint density at radius 2 is 1.89 bits per heavy atom. The molecule has 3 heteroatoms. The van der Waals surface area contributed by atoms with Crippen molar-refractivity contribution in [3.63, 3.8) is 0 Å². The predicted octanol–water partition coefficient (Wildman–Crippen LogP) is 2.93. The first-order valence-corrected chi connectivity index (χ1v) is 6.17. The SMILES string of the molecule is COc1cccc(C(=O)NCc2ccc(C)cc2)c1. The molecule has 0 atom stereocenters. The number of ether oxygens (including phenoxy) is 1. The number of amides is 1. The molecule has 19 heavy (non-hydrogen) atoms. The lowest BCUT2D eigenvalue weighted by Gasteiger charge is -2.07. The molecule has 3 nitrogen and oxygen atoms in total. The van der Waals surface area contributed by atoms with Gasteiger partial charge < -0.3 is 10.1 Å². The number of nitrogens with one attached hydrogen (secondary N) is 1. The van der Waals surface area contributed by atoms with Crippen LogP contribution in [0.5, 0.6) is 5.75 Å². The van der Waals surface area contributed by atoms with Crippen LogP contribution in [0, 0.1) is 6.92 Å². The Bertz CT molecular complexity index is 561. The molecule has 0 saturated heterocycles. The number of hydrogen-bond donors (Lipinski definition) is 1. The second-order valence-corrected chi connectivity index (χ2v) is 4.40. The van der Waals surface area contributed by atoms with Crippen LogP contribution < -0.4 is 10.1 Å². The molecule has 0 radical (unpaired) electrons. The van der Waals surface area contributed by atoms with E-state index in [2.05, 4.69) is 5.32 Å². The van der Waals surface area contributed by atoms with Crippen LogP contribution in [0.2, 0.25) is 0 Å². The zero-order chi connectivity index (χ0) is 13.7. The summed E-state index contributed by atoms with van der Waals surface area (Å²) in [5.74, 6) is 0.586.